The molecule has 1 heterocycles. The fraction of sp³-hybridized carbons (Fsp3) is 0.300. The van der Waals surface area contributed by atoms with Crippen molar-refractivity contribution in [1.29, 1.82) is 0 Å². The maximum Gasteiger partial charge on any atom is 0.136 e. The van der Waals surface area contributed by atoms with Crippen LogP contribution in [0.2, 0.25) is 0 Å². The van der Waals surface area contributed by atoms with E-state index in [0.717, 1.165) is 19.3 Å². The molecule has 0 saturated carbocycles. The van der Waals surface area contributed by atoms with Gasteiger partial charge in [0.1, 0.15) is 18.2 Å². The van der Waals surface area contributed by atoms with Gasteiger partial charge in [-0.2, -0.15) is 5.10 Å². The Hall–Kier alpha value is -2.53. The van der Waals surface area contributed by atoms with Gasteiger partial charge in [0.15, 0.2) is 0 Å². The van der Waals surface area contributed by atoms with Crippen LogP contribution in [0.25, 0.3) is 17.3 Å². The van der Waals surface area contributed by atoms with Crippen LogP contribution in [0.15, 0.2) is 49.1 Å². The molecule has 0 saturated heterocycles. The van der Waals surface area contributed by atoms with Crippen molar-refractivity contribution < 1.29 is 14.2 Å². The third kappa shape index (κ3) is 6.12. The summed E-state index contributed by atoms with van der Waals surface area (Å²) in [6.07, 6.45) is 7.78. The van der Waals surface area contributed by atoms with Gasteiger partial charge >= 0.3 is 0 Å². The molecule has 132 valence electrons. The van der Waals surface area contributed by atoms with Crippen molar-refractivity contribution in [3.63, 3.8) is 0 Å². The predicted molar refractivity (Wildman–Crippen MR) is 97.7 cm³/mol. The first-order valence-electron chi connectivity index (χ1n) is 8.32. The van der Waals surface area contributed by atoms with Crippen LogP contribution in [0.1, 0.15) is 31.9 Å². The molecule has 0 aliphatic rings. The summed E-state index contributed by atoms with van der Waals surface area (Å²) in [5.41, 5.74) is 1.57. The third-order valence-corrected chi connectivity index (χ3v) is 3.55. The van der Waals surface area contributed by atoms with Crippen molar-refractivity contribution in [2.24, 2.45) is 0 Å². The molecule has 1 atom stereocenters. The molecule has 0 fully saturated rings. The topological polar surface area (TPSA) is 55.2 Å². The van der Waals surface area contributed by atoms with Crippen molar-refractivity contribution in [2.45, 2.75) is 32.3 Å². The predicted octanol–water partition coefficient (Wildman–Crippen LogP) is 4.41. The van der Waals surface area contributed by atoms with Crippen LogP contribution in [0.4, 0.5) is 4.39 Å². The normalized spacial score (nSPS) is 12.3. The first-order chi connectivity index (χ1) is 12.1. The SMILES string of the molecule is C=CCOc1ccc(-c2ccc(/C=C/CCCC(C)O)nn2)c(F)c1. The van der Waals surface area contributed by atoms with E-state index in [4.69, 9.17) is 4.74 Å². The van der Waals surface area contributed by atoms with Gasteiger partial charge in [-0.15, -0.1) is 5.10 Å². The summed E-state index contributed by atoms with van der Waals surface area (Å²) in [4.78, 5) is 0. The number of aromatic nitrogens is 2. The number of hydrogen-bond acceptors (Lipinski definition) is 4. The van der Waals surface area contributed by atoms with Crippen molar-refractivity contribution >= 4 is 6.08 Å². The Bertz CT molecular complexity index is 712. The molecular weight excluding hydrogens is 319 g/mol. The summed E-state index contributed by atoms with van der Waals surface area (Å²) < 4.78 is 19.5. The van der Waals surface area contributed by atoms with Gasteiger partial charge in [0.05, 0.1) is 17.5 Å². The minimum atomic E-state index is -0.405. The van der Waals surface area contributed by atoms with Gasteiger partial charge in [0.25, 0.3) is 0 Å². The Morgan fingerprint density at radius 1 is 1.28 bits per heavy atom. The van der Waals surface area contributed by atoms with Gasteiger partial charge in [0, 0.05) is 11.6 Å². The summed E-state index contributed by atoms with van der Waals surface area (Å²) >= 11 is 0. The van der Waals surface area contributed by atoms with E-state index in [1.54, 1.807) is 37.3 Å². The van der Waals surface area contributed by atoms with Crippen LogP contribution in [0.5, 0.6) is 5.75 Å². The standard InChI is InChI=1S/C20H23FN2O2/c1-3-13-25-17-10-11-18(19(21)14-17)20-12-9-16(22-23-20)8-6-4-5-7-15(2)24/h3,6,8-12,14-15,24H,1,4-5,7,13H2,2H3/b8-6+. The second kappa shape index (κ2) is 9.69. The Morgan fingerprint density at radius 2 is 2.12 bits per heavy atom. The highest BCUT2D eigenvalue weighted by Crippen LogP contribution is 2.24. The van der Waals surface area contributed by atoms with E-state index < -0.39 is 5.82 Å². The van der Waals surface area contributed by atoms with Crippen LogP contribution in [-0.4, -0.2) is 28.0 Å². The highest BCUT2D eigenvalue weighted by atomic mass is 19.1. The largest absolute Gasteiger partial charge is 0.489 e. The summed E-state index contributed by atoms with van der Waals surface area (Å²) in [7, 11) is 0. The first-order valence-corrected chi connectivity index (χ1v) is 8.32. The smallest absolute Gasteiger partial charge is 0.136 e. The minimum Gasteiger partial charge on any atom is -0.489 e. The van der Waals surface area contributed by atoms with Gasteiger partial charge < -0.3 is 9.84 Å². The summed E-state index contributed by atoms with van der Waals surface area (Å²) in [6, 6.07) is 8.19. The number of ether oxygens (including phenoxy) is 1. The molecule has 0 aliphatic heterocycles. The molecule has 2 rings (SSSR count). The van der Waals surface area contributed by atoms with E-state index in [0.29, 0.717) is 29.3 Å². The molecule has 0 aliphatic carbocycles. The van der Waals surface area contributed by atoms with Crippen LogP contribution in [0, 0.1) is 5.82 Å². The molecule has 25 heavy (non-hydrogen) atoms. The Balaban J connectivity index is 1.99. The van der Waals surface area contributed by atoms with Gasteiger partial charge in [-0.3, -0.25) is 0 Å². The minimum absolute atomic E-state index is 0.268. The Labute approximate surface area is 147 Å². The number of hydrogen-bond donors (Lipinski definition) is 1. The number of rotatable bonds is 9. The van der Waals surface area contributed by atoms with Crippen molar-refractivity contribution in [1.82, 2.24) is 10.2 Å². The second-order valence-corrected chi connectivity index (χ2v) is 5.77. The fourth-order valence-electron chi connectivity index (χ4n) is 2.26. The molecule has 0 amide bonds. The van der Waals surface area contributed by atoms with Gasteiger partial charge in [-0.05, 0) is 56.5 Å². The zero-order valence-electron chi connectivity index (χ0n) is 14.4. The summed E-state index contributed by atoms with van der Waals surface area (Å²) in [5, 5.41) is 17.4. The second-order valence-electron chi connectivity index (χ2n) is 5.77. The lowest BCUT2D eigenvalue weighted by Gasteiger charge is -2.06. The van der Waals surface area contributed by atoms with Crippen LogP contribution in [-0.2, 0) is 0 Å². The van der Waals surface area contributed by atoms with Gasteiger partial charge in [0.2, 0.25) is 0 Å². The molecule has 4 nitrogen and oxygen atoms in total. The number of halogens is 1. The van der Waals surface area contributed by atoms with Crippen molar-refractivity contribution in [3.05, 3.63) is 60.6 Å². The van der Waals surface area contributed by atoms with Crippen LogP contribution < -0.4 is 4.74 Å². The number of allylic oxidation sites excluding steroid dienone is 1. The lowest BCUT2D eigenvalue weighted by Crippen LogP contribution is -1.97. The molecule has 5 heteroatoms. The number of aliphatic hydroxyl groups is 1. The summed E-state index contributed by atoms with van der Waals surface area (Å²) in [5.74, 6) is 0.0446. The van der Waals surface area contributed by atoms with Crippen molar-refractivity contribution in [3.8, 4) is 17.0 Å². The van der Waals surface area contributed by atoms with E-state index >= 15 is 0 Å². The Morgan fingerprint density at radius 3 is 2.76 bits per heavy atom. The molecule has 1 N–H and O–H groups in total. The number of benzene rings is 1. The van der Waals surface area contributed by atoms with Crippen LogP contribution >= 0.6 is 0 Å². The first kappa shape index (κ1) is 18.8. The maximum atomic E-state index is 14.2. The zero-order chi connectivity index (χ0) is 18.1. The summed E-state index contributed by atoms with van der Waals surface area (Å²) in [6.45, 7) is 5.67. The van der Waals surface area contributed by atoms with Gasteiger partial charge in [-0.25, -0.2) is 4.39 Å². The lowest BCUT2D eigenvalue weighted by molar-refractivity contribution is 0.182. The van der Waals surface area contributed by atoms with Crippen LogP contribution in [0.3, 0.4) is 0 Å². The lowest BCUT2D eigenvalue weighted by atomic mass is 10.1. The molecule has 1 unspecified atom stereocenters. The Kier molecular flexibility index (Phi) is 7.29. The van der Waals surface area contributed by atoms with E-state index in [1.807, 2.05) is 12.2 Å². The zero-order valence-corrected chi connectivity index (χ0v) is 14.4. The molecule has 1 aromatic heterocycles. The highest BCUT2D eigenvalue weighted by Gasteiger charge is 2.08. The number of aliphatic hydroxyl groups excluding tert-OH is 1. The third-order valence-electron chi connectivity index (χ3n) is 3.55. The fourth-order valence-corrected chi connectivity index (χ4v) is 2.26. The van der Waals surface area contributed by atoms with Gasteiger partial charge in [-0.1, -0.05) is 18.7 Å². The molecule has 1 aromatic carbocycles. The monoisotopic (exact) mass is 342 g/mol. The van der Waals surface area contributed by atoms with E-state index in [9.17, 15) is 9.50 Å². The average molecular weight is 342 g/mol. The molecular formula is C20H23FN2O2. The van der Waals surface area contributed by atoms with Crippen molar-refractivity contribution in [2.75, 3.05) is 6.61 Å². The highest BCUT2D eigenvalue weighted by molar-refractivity contribution is 5.61. The van der Waals surface area contributed by atoms with E-state index in [-0.39, 0.29) is 6.10 Å². The molecule has 0 spiro atoms. The van der Waals surface area contributed by atoms with E-state index in [2.05, 4.69) is 16.8 Å². The molecule has 2 aromatic rings. The molecule has 0 bridgehead atoms. The van der Waals surface area contributed by atoms with E-state index in [1.165, 1.54) is 6.07 Å². The quantitative estimate of drug-likeness (QED) is 0.542. The average Bonchev–Trinajstić information content (AvgIpc) is 2.60. The number of nitrogens with zero attached hydrogens (tertiary/aromatic N) is 2. The molecule has 0 radical (unpaired) electrons. The maximum absolute atomic E-state index is 14.2. The number of unbranched alkanes of at least 4 members (excludes halogenated alkanes) is 1.